The highest BCUT2D eigenvalue weighted by Crippen LogP contribution is 2.40. The maximum Gasteiger partial charge on any atom is 0.391 e. The van der Waals surface area contributed by atoms with E-state index in [0.717, 1.165) is 0 Å². The van der Waals surface area contributed by atoms with E-state index in [4.69, 9.17) is 10.8 Å². The number of likely N-dealkylation sites (tertiary alicyclic amines) is 1. The third-order valence-electron chi connectivity index (χ3n) is 4.58. The molecule has 1 aliphatic carbocycles. The summed E-state index contributed by atoms with van der Waals surface area (Å²) >= 11 is 0. The molecule has 0 radical (unpaired) electrons. The Morgan fingerprint density at radius 2 is 1.76 bits per heavy atom. The molecular weight excluding hydrogens is 289 g/mol. The number of carboxylic acids is 1. The van der Waals surface area contributed by atoms with Crippen LogP contribution in [0.4, 0.5) is 13.2 Å². The molecule has 1 amide bonds. The van der Waals surface area contributed by atoms with E-state index >= 15 is 0 Å². The van der Waals surface area contributed by atoms with E-state index in [9.17, 15) is 22.8 Å². The van der Waals surface area contributed by atoms with Gasteiger partial charge in [0.25, 0.3) is 0 Å². The molecule has 2 fully saturated rings. The fourth-order valence-corrected chi connectivity index (χ4v) is 3.12. The van der Waals surface area contributed by atoms with Crippen molar-refractivity contribution >= 4 is 11.9 Å². The standard InChI is InChI=1S/C13H19F3N2O3/c14-13(15,16)9-3-1-8(2-4-9)10(19)18-6-5-12(17,7-18)11(20)21/h8-9H,1-7,17H2,(H,20,21). The minimum Gasteiger partial charge on any atom is -0.480 e. The number of aliphatic carboxylic acids is 1. The molecule has 1 unspecified atom stereocenters. The number of carboxylic acid groups (broad SMARTS) is 1. The molecule has 1 aliphatic heterocycles. The highest BCUT2D eigenvalue weighted by Gasteiger charge is 2.46. The Kier molecular flexibility index (Phi) is 4.19. The molecule has 8 heteroatoms. The van der Waals surface area contributed by atoms with Gasteiger partial charge in [0.15, 0.2) is 0 Å². The van der Waals surface area contributed by atoms with Crippen molar-refractivity contribution in [1.29, 1.82) is 0 Å². The average Bonchev–Trinajstić information content (AvgIpc) is 2.81. The van der Waals surface area contributed by atoms with Crippen LogP contribution in [0.5, 0.6) is 0 Å². The summed E-state index contributed by atoms with van der Waals surface area (Å²) in [5, 5.41) is 9.02. The Balaban J connectivity index is 1.90. The van der Waals surface area contributed by atoms with E-state index in [1.807, 2.05) is 0 Å². The molecule has 120 valence electrons. The highest BCUT2D eigenvalue weighted by atomic mass is 19.4. The van der Waals surface area contributed by atoms with Crippen molar-refractivity contribution in [3.8, 4) is 0 Å². The largest absolute Gasteiger partial charge is 0.480 e. The Bertz CT molecular complexity index is 433. The first-order valence-corrected chi connectivity index (χ1v) is 7.01. The van der Waals surface area contributed by atoms with Crippen molar-refractivity contribution in [1.82, 2.24) is 4.90 Å². The molecule has 0 bridgehead atoms. The molecular formula is C13H19F3N2O3. The van der Waals surface area contributed by atoms with E-state index in [1.54, 1.807) is 0 Å². The quantitative estimate of drug-likeness (QED) is 0.807. The van der Waals surface area contributed by atoms with Crippen LogP contribution in [0.25, 0.3) is 0 Å². The number of hydrogen-bond acceptors (Lipinski definition) is 3. The van der Waals surface area contributed by atoms with Crippen molar-refractivity contribution < 1.29 is 27.9 Å². The first-order valence-electron chi connectivity index (χ1n) is 7.01. The number of rotatable bonds is 2. The summed E-state index contributed by atoms with van der Waals surface area (Å²) in [6, 6.07) is 0. The molecule has 1 saturated heterocycles. The third-order valence-corrected chi connectivity index (χ3v) is 4.58. The number of hydrogen-bond donors (Lipinski definition) is 2. The molecule has 2 aliphatic rings. The monoisotopic (exact) mass is 308 g/mol. The van der Waals surface area contributed by atoms with Gasteiger partial charge in [0.1, 0.15) is 5.54 Å². The Labute approximate surface area is 120 Å². The number of halogens is 3. The number of amides is 1. The van der Waals surface area contributed by atoms with Crippen LogP contribution in [0.1, 0.15) is 32.1 Å². The van der Waals surface area contributed by atoms with Crippen LogP contribution in [-0.4, -0.2) is 46.7 Å². The highest BCUT2D eigenvalue weighted by molar-refractivity contribution is 5.84. The molecule has 5 nitrogen and oxygen atoms in total. The molecule has 1 atom stereocenters. The van der Waals surface area contributed by atoms with E-state index < -0.39 is 29.5 Å². The molecule has 0 aromatic rings. The van der Waals surface area contributed by atoms with Gasteiger partial charge in [0.2, 0.25) is 5.91 Å². The number of carbonyl (C=O) groups excluding carboxylic acids is 1. The zero-order valence-electron chi connectivity index (χ0n) is 11.5. The minimum atomic E-state index is -4.20. The van der Waals surface area contributed by atoms with Crippen molar-refractivity contribution in [2.24, 2.45) is 17.6 Å². The summed E-state index contributed by atoms with van der Waals surface area (Å²) in [7, 11) is 0. The molecule has 0 aromatic carbocycles. The predicted octanol–water partition coefficient (Wildman–Crippen LogP) is 1.37. The fraction of sp³-hybridized carbons (Fsp3) is 0.846. The lowest BCUT2D eigenvalue weighted by Crippen LogP contribution is -2.51. The van der Waals surface area contributed by atoms with Gasteiger partial charge in [-0.15, -0.1) is 0 Å². The minimum absolute atomic E-state index is 0.0412. The van der Waals surface area contributed by atoms with Crippen molar-refractivity contribution in [2.75, 3.05) is 13.1 Å². The van der Waals surface area contributed by atoms with Gasteiger partial charge >= 0.3 is 12.1 Å². The Hall–Kier alpha value is -1.31. The molecule has 21 heavy (non-hydrogen) atoms. The van der Waals surface area contributed by atoms with Gasteiger partial charge in [-0.1, -0.05) is 0 Å². The summed E-state index contributed by atoms with van der Waals surface area (Å²) in [5.74, 6) is -3.18. The van der Waals surface area contributed by atoms with Crippen LogP contribution in [0, 0.1) is 11.8 Å². The SMILES string of the molecule is NC1(C(=O)O)CCN(C(=O)C2CCC(C(F)(F)F)CC2)C1. The zero-order chi connectivity index (χ0) is 15.8. The van der Waals surface area contributed by atoms with E-state index in [0.29, 0.717) is 0 Å². The average molecular weight is 308 g/mol. The second kappa shape index (κ2) is 5.47. The number of alkyl halides is 3. The van der Waals surface area contributed by atoms with Crippen LogP contribution in [0.15, 0.2) is 0 Å². The van der Waals surface area contributed by atoms with Crippen molar-refractivity contribution in [2.45, 2.75) is 43.8 Å². The summed E-state index contributed by atoms with van der Waals surface area (Å²) < 4.78 is 37.8. The van der Waals surface area contributed by atoms with Crippen LogP contribution >= 0.6 is 0 Å². The molecule has 2 rings (SSSR count). The second-order valence-electron chi connectivity index (χ2n) is 6.06. The molecule has 3 N–H and O–H groups in total. The normalized spacial score (nSPS) is 34.0. The van der Waals surface area contributed by atoms with Gasteiger partial charge in [0, 0.05) is 19.0 Å². The van der Waals surface area contributed by atoms with Gasteiger partial charge < -0.3 is 15.7 Å². The lowest BCUT2D eigenvalue weighted by Gasteiger charge is -2.31. The van der Waals surface area contributed by atoms with E-state index in [-0.39, 0.29) is 51.1 Å². The number of carbonyl (C=O) groups is 2. The van der Waals surface area contributed by atoms with Crippen LogP contribution < -0.4 is 5.73 Å². The summed E-state index contributed by atoms with van der Waals surface area (Å²) in [6.45, 7) is 0.182. The number of nitrogens with two attached hydrogens (primary N) is 1. The fourth-order valence-electron chi connectivity index (χ4n) is 3.12. The molecule has 1 heterocycles. The smallest absolute Gasteiger partial charge is 0.391 e. The zero-order valence-corrected chi connectivity index (χ0v) is 11.5. The Morgan fingerprint density at radius 3 is 2.19 bits per heavy atom. The predicted molar refractivity (Wildman–Crippen MR) is 67.3 cm³/mol. The Morgan fingerprint density at radius 1 is 1.19 bits per heavy atom. The maximum absolute atomic E-state index is 12.6. The van der Waals surface area contributed by atoms with E-state index in [1.165, 1.54) is 4.90 Å². The lowest BCUT2D eigenvalue weighted by atomic mass is 9.81. The second-order valence-corrected chi connectivity index (χ2v) is 6.06. The maximum atomic E-state index is 12.6. The summed E-state index contributed by atoms with van der Waals surface area (Å²) in [5.41, 5.74) is 4.26. The van der Waals surface area contributed by atoms with Gasteiger partial charge in [-0.2, -0.15) is 13.2 Å². The van der Waals surface area contributed by atoms with E-state index in [2.05, 4.69) is 0 Å². The first-order chi connectivity index (χ1) is 9.63. The van der Waals surface area contributed by atoms with Gasteiger partial charge in [-0.05, 0) is 32.1 Å². The third kappa shape index (κ3) is 3.30. The van der Waals surface area contributed by atoms with Crippen molar-refractivity contribution in [3.05, 3.63) is 0 Å². The number of nitrogens with zero attached hydrogens (tertiary/aromatic N) is 1. The van der Waals surface area contributed by atoms with Gasteiger partial charge in [0.05, 0.1) is 5.92 Å². The summed E-state index contributed by atoms with van der Waals surface area (Å²) in [6.07, 6.45) is -3.71. The molecule has 0 aromatic heterocycles. The van der Waals surface area contributed by atoms with Gasteiger partial charge in [-0.25, -0.2) is 0 Å². The van der Waals surface area contributed by atoms with Crippen molar-refractivity contribution in [3.63, 3.8) is 0 Å². The molecule has 0 spiro atoms. The first kappa shape index (κ1) is 16.1. The van der Waals surface area contributed by atoms with Crippen LogP contribution in [-0.2, 0) is 9.59 Å². The van der Waals surface area contributed by atoms with Crippen LogP contribution in [0.3, 0.4) is 0 Å². The lowest BCUT2D eigenvalue weighted by molar-refractivity contribution is -0.185. The van der Waals surface area contributed by atoms with Gasteiger partial charge in [-0.3, -0.25) is 9.59 Å². The topological polar surface area (TPSA) is 83.6 Å². The molecule has 1 saturated carbocycles. The van der Waals surface area contributed by atoms with Crippen LogP contribution in [0.2, 0.25) is 0 Å². The summed E-state index contributed by atoms with van der Waals surface area (Å²) in [4.78, 5) is 24.7.